The van der Waals surface area contributed by atoms with E-state index < -0.39 is 5.60 Å². The van der Waals surface area contributed by atoms with Gasteiger partial charge in [-0.05, 0) is 32.6 Å². The van der Waals surface area contributed by atoms with Crippen molar-refractivity contribution in [2.24, 2.45) is 5.92 Å². The third kappa shape index (κ3) is 3.47. The van der Waals surface area contributed by atoms with Crippen LogP contribution in [0.4, 0.5) is 0 Å². The standard InChI is InChI=1S/C12H23NO.ClH/c1-9(2)10-6-7-12(3,14)11(8-10)13(4)5;/h10-11,14H,1,6-8H2,2-5H3;1H. The number of hydrogen-bond acceptors (Lipinski definition) is 1. The number of allylic oxidation sites excluding steroid dienone is 1. The van der Waals surface area contributed by atoms with Crippen molar-refractivity contribution in [2.45, 2.75) is 44.8 Å². The monoisotopic (exact) mass is 233 g/mol. The van der Waals surface area contributed by atoms with Gasteiger partial charge in [0.05, 0.1) is 14.1 Å². The third-order valence-corrected chi connectivity index (χ3v) is 3.66. The van der Waals surface area contributed by atoms with Gasteiger partial charge in [-0.1, -0.05) is 12.2 Å². The van der Waals surface area contributed by atoms with Crippen LogP contribution in [0.25, 0.3) is 0 Å². The van der Waals surface area contributed by atoms with Gasteiger partial charge in [-0.15, -0.1) is 0 Å². The van der Waals surface area contributed by atoms with Crippen LogP contribution >= 0.6 is 0 Å². The lowest BCUT2D eigenvalue weighted by Crippen LogP contribution is -3.13. The molecule has 0 heterocycles. The predicted molar refractivity (Wildman–Crippen MR) is 59.4 cm³/mol. The van der Waals surface area contributed by atoms with Crippen LogP contribution in [0.15, 0.2) is 12.2 Å². The maximum atomic E-state index is 10.3. The average molecular weight is 234 g/mol. The Hall–Kier alpha value is -0.0500. The minimum absolute atomic E-state index is 0. The molecule has 1 aliphatic rings. The lowest BCUT2D eigenvalue weighted by atomic mass is 9.73. The second-order valence-electron chi connectivity index (χ2n) is 5.30. The normalized spacial score (nSPS) is 36.1. The fraction of sp³-hybridized carbons (Fsp3) is 0.833. The van der Waals surface area contributed by atoms with Gasteiger partial charge in [0.1, 0.15) is 11.6 Å². The molecule has 3 atom stereocenters. The van der Waals surface area contributed by atoms with Gasteiger partial charge in [0, 0.05) is 6.42 Å². The minimum atomic E-state index is -0.495. The SMILES string of the molecule is C=C(C)C1CCC(C)(O)C([NH+](C)C)C1.[Cl-]. The van der Waals surface area contributed by atoms with Gasteiger partial charge >= 0.3 is 0 Å². The van der Waals surface area contributed by atoms with Crippen molar-refractivity contribution in [3.05, 3.63) is 12.2 Å². The van der Waals surface area contributed by atoms with E-state index in [1.165, 1.54) is 10.5 Å². The number of halogens is 1. The highest BCUT2D eigenvalue weighted by atomic mass is 35.5. The van der Waals surface area contributed by atoms with Crippen molar-refractivity contribution in [1.29, 1.82) is 0 Å². The van der Waals surface area contributed by atoms with Crippen LogP contribution in [0.5, 0.6) is 0 Å². The van der Waals surface area contributed by atoms with Gasteiger partial charge in [-0.2, -0.15) is 0 Å². The van der Waals surface area contributed by atoms with E-state index in [0.29, 0.717) is 12.0 Å². The van der Waals surface area contributed by atoms with E-state index >= 15 is 0 Å². The highest BCUT2D eigenvalue weighted by Gasteiger charge is 2.42. The largest absolute Gasteiger partial charge is 1.00 e. The van der Waals surface area contributed by atoms with Crippen molar-refractivity contribution in [3.63, 3.8) is 0 Å². The van der Waals surface area contributed by atoms with Crippen LogP contribution in [0.2, 0.25) is 0 Å². The summed E-state index contributed by atoms with van der Waals surface area (Å²) in [6.45, 7) is 8.10. The maximum absolute atomic E-state index is 10.3. The van der Waals surface area contributed by atoms with E-state index in [-0.39, 0.29) is 12.4 Å². The van der Waals surface area contributed by atoms with Crippen molar-refractivity contribution in [3.8, 4) is 0 Å². The van der Waals surface area contributed by atoms with Gasteiger partial charge < -0.3 is 22.4 Å². The van der Waals surface area contributed by atoms with Crippen LogP contribution in [0.1, 0.15) is 33.1 Å². The first-order valence-corrected chi connectivity index (χ1v) is 5.52. The molecule has 0 aromatic carbocycles. The van der Waals surface area contributed by atoms with Crippen LogP contribution in [-0.2, 0) is 0 Å². The Morgan fingerprint density at radius 3 is 2.40 bits per heavy atom. The van der Waals surface area contributed by atoms with Crippen LogP contribution in [0, 0.1) is 5.92 Å². The number of hydrogen-bond donors (Lipinski definition) is 2. The molecule has 1 fully saturated rings. The summed E-state index contributed by atoms with van der Waals surface area (Å²) >= 11 is 0. The molecule has 0 bridgehead atoms. The molecule has 0 amide bonds. The average Bonchev–Trinajstić information content (AvgIpc) is 2.02. The molecule has 90 valence electrons. The van der Waals surface area contributed by atoms with Gasteiger partial charge in [-0.3, -0.25) is 0 Å². The molecule has 15 heavy (non-hydrogen) atoms. The van der Waals surface area contributed by atoms with Crippen LogP contribution in [0.3, 0.4) is 0 Å². The molecule has 1 aliphatic carbocycles. The van der Waals surface area contributed by atoms with E-state index in [9.17, 15) is 5.11 Å². The Morgan fingerprint density at radius 1 is 1.47 bits per heavy atom. The lowest BCUT2D eigenvalue weighted by Gasteiger charge is -2.41. The molecular formula is C12H24ClNO. The van der Waals surface area contributed by atoms with E-state index in [1.54, 1.807) is 0 Å². The van der Waals surface area contributed by atoms with E-state index in [0.717, 1.165) is 19.3 Å². The molecule has 1 saturated carbocycles. The van der Waals surface area contributed by atoms with Gasteiger partial charge in [0.2, 0.25) is 0 Å². The van der Waals surface area contributed by atoms with Crippen molar-refractivity contribution < 1.29 is 22.4 Å². The van der Waals surface area contributed by atoms with Gasteiger partial charge in [0.25, 0.3) is 0 Å². The molecule has 3 heteroatoms. The lowest BCUT2D eigenvalue weighted by molar-refractivity contribution is -0.895. The number of quaternary nitrogens is 1. The molecular weight excluding hydrogens is 210 g/mol. The molecule has 0 spiro atoms. The van der Waals surface area contributed by atoms with Crippen molar-refractivity contribution in [2.75, 3.05) is 14.1 Å². The first kappa shape index (κ1) is 14.9. The summed E-state index contributed by atoms with van der Waals surface area (Å²) in [5.41, 5.74) is 0.775. The Morgan fingerprint density at radius 2 is 2.00 bits per heavy atom. The molecule has 0 radical (unpaired) electrons. The highest BCUT2D eigenvalue weighted by molar-refractivity contribution is 5.02. The number of likely N-dealkylation sites (N-methyl/N-ethyl adjacent to an activating group) is 1. The fourth-order valence-corrected chi connectivity index (χ4v) is 2.60. The second kappa shape index (κ2) is 5.33. The van der Waals surface area contributed by atoms with E-state index in [2.05, 4.69) is 27.6 Å². The zero-order valence-electron chi connectivity index (χ0n) is 10.3. The van der Waals surface area contributed by atoms with Crippen LogP contribution in [-0.4, -0.2) is 30.8 Å². The third-order valence-electron chi connectivity index (χ3n) is 3.66. The molecule has 2 N–H and O–H groups in total. The maximum Gasteiger partial charge on any atom is 0.116 e. The smallest absolute Gasteiger partial charge is 0.116 e. The summed E-state index contributed by atoms with van der Waals surface area (Å²) in [6, 6.07) is 0.345. The molecule has 0 saturated heterocycles. The number of rotatable bonds is 2. The van der Waals surface area contributed by atoms with Gasteiger partial charge in [0.15, 0.2) is 0 Å². The zero-order valence-corrected chi connectivity index (χ0v) is 11.1. The molecule has 1 rings (SSSR count). The number of nitrogens with one attached hydrogen (secondary N) is 1. The van der Waals surface area contributed by atoms with Gasteiger partial charge in [-0.25, -0.2) is 0 Å². The summed E-state index contributed by atoms with van der Waals surface area (Å²) in [7, 11) is 4.25. The fourth-order valence-electron chi connectivity index (χ4n) is 2.60. The van der Waals surface area contributed by atoms with E-state index in [1.807, 2.05) is 6.92 Å². The van der Waals surface area contributed by atoms with Crippen LogP contribution < -0.4 is 17.3 Å². The topological polar surface area (TPSA) is 24.7 Å². The quantitative estimate of drug-likeness (QED) is 0.513. The van der Waals surface area contributed by atoms with Crippen molar-refractivity contribution in [1.82, 2.24) is 0 Å². The molecule has 2 nitrogen and oxygen atoms in total. The Bertz CT molecular complexity index is 226. The molecule has 0 aliphatic heterocycles. The first-order valence-electron chi connectivity index (χ1n) is 5.52. The Balaban J connectivity index is 0.00000196. The molecule has 0 aromatic heterocycles. The summed E-state index contributed by atoms with van der Waals surface area (Å²) in [6.07, 6.45) is 3.07. The van der Waals surface area contributed by atoms with Crippen molar-refractivity contribution >= 4 is 0 Å². The zero-order chi connectivity index (χ0) is 10.9. The number of aliphatic hydroxyl groups is 1. The summed E-state index contributed by atoms with van der Waals surface area (Å²) < 4.78 is 0. The summed E-state index contributed by atoms with van der Waals surface area (Å²) in [5.74, 6) is 0.607. The molecule has 3 unspecified atom stereocenters. The predicted octanol–water partition coefficient (Wildman–Crippen LogP) is -2.37. The minimum Gasteiger partial charge on any atom is -1.00 e. The highest BCUT2D eigenvalue weighted by Crippen LogP contribution is 2.33. The second-order valence-corrected chi connectivity index (χ2v) is 5.30. The first-order chi connectivity index (χ1) is 6.34. The molecule has 0 aromatic rings. The summed E-state index contributed by atoms with van der Waals surface area (Å²) in [4.78, 5) is 1.35. The van der Waals surface area contributed by atoms with E-state index in [4.69, 9.17) is 0 Å². The summed E-state index contributed by atoms with van der Waals surface area (Å²) in [5, 5.41) is 10.3. The Kier molecular flexibility index (Phi) is 5.31. The Labute approximate surface area is 99.8 Å².